The van der Waals surface area contributed by atoms with Gasteiger partial charge in [-0.1, -0.05) is 11.6 Å². The predicted octanol–water partition coefficient (Wildman–Crippen LogP) is 3.15. The molecule has 1 unspecified atom stereocenters. The van der Waals surface area contributed by atoms with Gasteiger partial charge in [0, 0.05) is 25.4 Å². The van der Waals surface area contributed by atoms with E-state index < -0.39 is 11.9 Å². The minimum absolute atomic E-state index is 0.00102. The van der Waals surface area contributed by atoms with Gasteiger partial charge in [0.2, 0.25) is 0 Å². The molecule has 0 saturated carbocycles. The quantitative estimate of drug-likeness (QED) is 0.701. The minimum atomic E-state index is -2.00. The number of hydrogen-bond acceptors (Lipinski definition) is 2. The number of carbonyl (C=O) groups excluding carboxylic acids is 1. The molecule has 0 aliphatic carbocycles. The highest BCUT2D eigenvalue weighted by molar-refractivity contribution is 6.30. The zero-order valence-electron chi connectivity index (χ0n) is 8.96. The van der Waals surface area contributed by atoms with E-state index in [1.54, 1.807) is 18.2 Å². The van der Waals surface area contributed by atoms with Crippen molar-refractivity contribution in [3.05, 3.63) is 28.8 Å². The molecule has 0 N–H and O–H groups in total. The third-order valence-corrected chi connectivity index (χ3v) is 2.72. The van der Waals surface area contributed by atoms with Crippen molar-refractivity contribution in [2.45, 2.75) is 19.2 Å². The molecule has 0 radical (unpaired) electrons. The number of hydrogen-bond donors (Lipinski definition) is 0. The van der Waals surface area contributed by atoms with Crippen molar-refractivity contribution < 1.29 is 13.9 Å². The van der Waals surface area contributed by atoms with E-state index in [4.69, 9.17) is 16.3 Å². The highest BCUT2D eigenvalue weighted by Crippen LogP contribution is 2.33. The lowest BCUT2D eigenvalue weighted by atomic mass is 10.1. The molecule has 16 heavy (non-hydrogen) atoms. The van der Waals surface area contributed by atoms with Crippen LogP contribution in [0.15, 0.2) is 18.2 Å². The number of cyclic esters (lactones) is 1. The summed E-state index contributed by atoms with van der Waals surface area (Å²) in [4.78, 5) is 12.8. The Labute approximate surface area is 97.8 Å². The minimum Gasteiger partial charge on any atom is -0.412 e. The first kappa shape index (κ1) is 11.2. The van der Waals surface area contributed by atoms with Gasteiger partial charge >= 0.3 is 6.09 Å². The van der Waals surface area contributed by atoms with E-state index in [1.807, 2.05) is 0 Å². The number of alkyl halides is 1. The van der Waals surface area contributed by atoms with Crippen molar-refractivity contribution in [2.24, 2.45) is 0 Å². The lowest BCUT2D eigenvalue weighted by Crippen LogP contribution is -2.32. The second-order valence-electron chi connectivity index (χ2n) is 3.98. The fraction of sp³-hybridized carbons (Fsp3) is 0.364. The maximum absolute atomic E-state index is 13.9. The van der Waals surface area contributed by atoms with Crippen LogP contribution < -0.4 is 4.90 Å². The molecule has 0 aromatic heterocycles. The van der Waals surface area contributed by atoms with E-state index in [0.29, 0.717) is 16.3 Å². The van der Waals surface area contributed by atoms with Crippen LogP contribution >= 0.6 is 11.6 Å². The average Bonchev–Trinajstić information content (AvgIpc) is 2.22. The molecule has 1 aromatic rings. The normalized spacial score (nSPS) is 24.8. The van der Waals surface area contributed by atoms with Crippen LogP contribution in [0.4, 0.5) is 14.9 Å². The highest BCUT2D eigenvalue weighted by atomic mass is 35.5. The van der Waals surface area contributed by atoms with E-state index in [0.717, 1.165) is 0 Å². The second-order valence-corrected chi connectivity index (χ2v) is 4.42. The Hall–Kier alpha value is -1.29. The number of benzene rings is 1. The summed E-state index contributed by atoms with van der Waals surface area (Å²) in [6.45, 7) is 1.23. The molecular formula is C11H11ClFNO2. The molecular weight excluding hydrogens is 233 g/mol. The molecule has 0 bridgehead atoms. The summed E-state index contributed by atoms with van der Waals surface area (Å²) in [5.41, 5.74) is 1.28. The molecule has 1 heterocycles. The number of anilines is 1. The van der Waals surface area contributed by atoms with Crippen LogP contribution in [0.2, 0.25) is 5.02 Å². The Kier molecular flexibility index (Phi) is 2.54. The Morgan fingerprint density at radius 1 is 1.56 bits per heavy atom. The summed E-state index contributed by atoms with van der Waals surface area (Å²) < 4.78 is 18.6. The number of rotatable bonds is 0. The summed E-state index contributed by atoms with van der Waals surface area (Å²) in [5.74, 6) is -2.00. The second kappa shape index (κ2) is 3.63. The van der Waals surface area contributed by atoms with Crippen LogP contribution in [0.25, 0.3) is 0 Å². The molecule has 0 fully saturated rings. The number of carbonyl (C=O) groups is 1. The number of fused-ring (bicyclic) bond motifs is 1. The lowest BCUT2D eigenvalue weighted by molar-refractivity contribution is -0.0734. The van der Waals surface area contributed by atoms with Crippen molar-refractivity contribution in [1.29, 1.82) is 0 Å². The van der Waals surface area contributed by atoms with Crippen molar-refractivity contribution in [3.8, 4) is 0 Å². The molecule has 1 amide bonds. The summed E-state index contributed by atoms with van der Waals surface area (Å²) in [6, 6.07) is 4.98. The lowest BCUT2D eigenvalue weighted by Gasteiger charge is -2.18. The first-order valence-corrected chi connectivity index (χ1v) is 5.21. The molecule has 86 valence electrons. The van der Waals surface area contributed by atoms with Crippen LogP contribution in [0.5, 0.6) is 0 Å². The highest BCUT2D eigenvalue weighted by Gasteiger charge is 2.35. The summed E-state index contributed by atoms with van der Waals surface area (Å²) in [7, 11) is 1.54. The molecule has 1 aliphatic rings. The van der Waals surface area contributed by atoms with Gasteiger partial charge in [-0.15, -0.1) is 0 Å². The van der Waals surface area contributed by atoms with E-state index in [1.165, 1.54) is 18.9 Å². The molecule has 0 spiro atoms. The van der Waals surface area contributed by atoms with Gasteiger partial charge in [-0.3, -0.25) is 4.90 Å². The van der Waals surface area contributed by atoms with Crippen LogP contribution in [-0.2, 0) is 11.2 Å². The van der Waals surface area contributed by atoms with E-state index in [2.05, 4.69) is 0 Å². The van der Waals surface area contributed by atoms with E-state index in [-0.39, 0.29) is 6.42 Å². The molecule has 1 aliphatic heterocycles. The Balaban J connectivity index is 2.54. The first-order chi connectivity index (χ1) is 7.39. The summed E-state index contributed by atoms with van der Waals surface area (Å²) in [6.07, 6.45) is -0.704. The van der Waals surface area contributed by atoms with Gasteiger partial charge in [0.05, 0.1) is 5.69 Å². The number of halogens is 2. The molecule has 5 heteroatoms. The van der Waals surface area contributed by atoms with Gasteiger partial charge in [-0.05, 0) is 23.8 Å². The first-order valence-electron chi connectivity index (χ1n) is 4.83. The van der Waals surface area contributed by atoms with E-state index >= 15 is 0 Å². The topological polar surface area (TPSA) is 29.5 Å². The summed E-state index contributed by atoms with van der Waals surface area (Å²) >= 11 is 5.84. The Morgan fingerprint density at radius 3 is 2.94 bits per heavy atom. The van der Waals surface area contributed by atoms with Gasteiger partial charge in [-0.2, -0.15) is 4.39 Å². The monoisotopic (exact) mass is 243 g/mol. The van der Waals surface area contributed by atoms with Crippen LogP contribution in [-0.4, -0.2) is 19.0 Å². The zero-order valence-corrected chi connectivity index (χ0v) is 9.71. The molecule has 1 aromatic carbocycles. The van der Waals surface area contributed by atoms with E-state index in [9.17, 15) is 9.18 Å². The van der Waals surface area contributed by atoms with Gasteiger partial charge < -0.3 is 4.74 Å². The average molecular weight is 244 g/mol. The van der Waals surface area contributed by atoms with Crippen LogP contribution in [0, 0.1) is 0 Å². The zero-order chi connectivity index (χ0) is 11.9. The summed E-state index contributed by atoms with van der Waals surface area (Å²) in [5, 5.41) is 0.511. The standard InChI is InChI=1S/C11H11ClFNO2/c1-11(13)6-7-5-8(12)3-4-9(7)14(2)10(15)16-11/h3-5H,6H2,1-2H3. The molecule has 3 nitrogen and oxygen atoms in total. The Morgan fingerprint density at radius 2 is 2.25 bits per heavy atom. The third kappa shape index (κ3) is 1.97. The number of nitrogens with zero attached hydrogens (tertiary/aromatic N) is 1. The molecule has 0 saturated heterocycles. The maximum atomic E-state index is 13.9. The van der Waals surface area contributed by atoms with Crippen molar-refractivity contribution >= 4 is 23.4 Å². The molecule has 2 rings (SSSR count). The van der Waals surface area contributed by atoms with Gasteiger partial charge in [0.25, 0.3) is 5.85 Å². The maximum Gasteiger partial charge on any atom is 0.416 e. The largest absolute Gasteiger partial charge is 0.416 e. The SMILES string of the molecule is CN1C(=O)OC(C)(F)Cc2cc(Cl)ccc21. The predicted molar refractivity (Wildman–Crippen MR) is 59.6 cm³/mol. The van der Waals surface area contributed by atoms with Crippen LogP contribution in [0.1, 0.15) is 12.5 Å². The fourth-order valence-electron chi connectivity index (χ4n) is 1.75. The third-order valence-electron chi connectivity index (χ3n) is 2.48. The molecule has 1 atom stereocenters. The van der Waals surface area contributed by atoms with Crippen molar-refractivity contribution in [2.75, 3.05) is 11.9 Å². The number of ether oxygens (including phenoxy) is 1. The van der Waals surface area contributed by atoms with Gasteiger partial charge in [0.1, 0.15) is 0 Å². The Bertz CT molecular complexity index is 448. The van der Waals surface area contributed by atoms with Gasteiger partial charge in [-0.25, -0.2) is 4.79 Å². The van der Waals surface area contributed by atoms with Crippen molar-refractivity contribution in [3.63, 3.8) is 0 Å². The van der Waals surface area contributed by atoms with Crippen LogP contribution in [0.3, 0.4) is 0 Å². The van der Waals surface area contributed by atoms with Gasteiger partial charge in [0.15, 0.2) is 0 Å². The fourth-order valence-corrected chi connectivity index (χ4v) is 1.94. The smallest absolute Gasteiger partial charge is 0.412 e. The number of amides is 1. The van der Waals surface area contributed by atoms with Crippen molar-refractivity contribution in [1.82, 2.24) is 0 Å².